The van der Waals surface area contributed by atoms with Crippen molar-refractivity contribution in [2.75, 3.05) is 5.32 Å². The van der Waals surface area contributed by atoms with Crippen LogP contribution in [0.1, 0.15) is 39.0 Å². The first-order valence-corrected chi connectivity index (χ1v) is 7.69. The van der Waals surface area contributed by atoms with Gasteiger partial charge in [0.25, 0.3) is 0 Å². The predicted molar refractivity (Wildman–Crippen MR) is 85.9 cm³/mol. The molecule has 0 spiro atoms. The predicted octanol–water partition coefficient (Wildman–Crippen LogP) is 3.62. The van der Waals surface area contributed by atoms with E-state index in [1.807, 2.05) is 0 Å². The van der Waals surface area contributed by atoms with Gasteiger partial charge in [-0.2, -0.15) is 0 Å². The van der Waals surface area contributed by atoms with E-state index in [-0.39, 0.29) is 11.9 Å². The van der Waals surface area contributed by atoms with Crippen LogP contribution in [0.25, 0.3) is 0 Å². The normalized spacial score (nSPS) is 15.5. The number of benzene rings is 1. The third-order valence-corrected chi connectivity index (χ3v) is 3.56. The summed E-state index contributed by atoms with van der Waals surface area (Å²) in [6, 6.07) is 6.99. The number of hydrogen-bond acceptors (Lipinski definition) is 3. The van der Waals surface area contributed by atoms with Gasteiger partial charge in [0.05, 0.1) is 0 Å². The first-order valence-electron chi connectivity index (χ1n) is 7.69. The zero-order valence-electron chi connectivity index (χ0n) is 12.8. The molecule has 0 saturated heterocycles. The Balaban J connectivity index is 1.88. The molecule has 1 aliphatic carbocycles. The Hall–Kier alpha value is -2.30. The fourth-order valence-corrected chi connectivity index (χ4v) is 2.52. The molecule has 0 aliphatic heterocycles. The number of rotatable bonds is 4. The second-order valence-corrected chi connectivity index (χ2v) is 5.39. The number of nitrogens with one attached hydrogen (secondary N) is 2. The van der Waals surface area contributed by atoms with E-state index in [9.17, 15) is 9.59 Å². The number of carbonyl (C=O) groups is 2. The van der Waals surface area contributed by atoms with E-state index >= 15 is 0 Å². The van der Waals surface area contributed by atoms with Gasteiger partial charge in [0.15, 0.2) is 0 Å². The summed E-state index contributed by atoms with van der Waals surface area (Å²) in [5, 5.41) is 5.59. The molecule has 0 heterocycles. The summed E-state index contributed by atoms with van der Waals surface area (Å²) < 4.78 is 5.28. The molecule has 0 atom stereocenters. The molecule has 0 radical (unpaired) electrons. The topological polar surface area (TPSA) is 67.4 Å². The molecule has 2 N–H and O–H groups in total. The van der Waals surface area contributed by atoms with Crippen LogP contribution in [0.2, 0.25) is 0 Å². The van der Waals surface area contributed by atoms with Crippen molar-refractivity contribution in [3.05, 3.63) is 36.4 Å². The quantitative estimate of drug-likeness (QED) is 0.835. The van der Waals surface area contributed by atoms with Gasteiger partial charge in [0, 0.05) is 17.8 Å². The molecule has 22 heavy (non-hydrogen) atoms. The number of ether oxygens (including phenoxy) is 1. The molecule has 1 aromatic carbocycles. The summed E-state index contributed by atoms with van der Waals surface area (Å²) >= 11 is 0. The highest BCUT2D eigenvalue weighted by Crippen LogP contribution is 2.19. The molecular weight excluding hydrogens is 280 g/mol. The highest BCUT2D eigenvalue weighted by atomic mass is 16.6. The summed E-state index contributed by atoms with van der Waals surface area (Å²) in [5.74, 6) is 0.192. The minimum Gasteiger partial charge on any atom is -0.410 e. The van der Waals surface area contributed by atoms with Gasteiger partial charge in [-0.25, -0.2) is 4.79 Å². The van der Waals surface area contributed by atoms with E-state index in [4.69, 9.17) is 4.74 Å². The molecule has 1 saturated carbocycles. The van der Waals surface area contributed by atoms with Crippen LogP contribution in [-0.2, 0) is 4.79 Å². The van der Waals surface area contributed by atoms with E-state index in [1.54, 1.807) is 37.3 Å². The Morgan fingerprint density at radius 2 is 2.00 bits per heavy atom. The van der Waals surface area contributed by atoms with Gasteiger partial charge < -0.3 is 15.4 Å². The summed E-state index contributed by atoms with van der Waals surface area (Å²) in [4.78, 5) is 23.4. The summed E-state index contributed by atoms with van der Waals surface area (Å²) in [5.41, 5.74) is 0.589. The molecule has 1 fully saturated rings. The van der Waals surface area contributed by atoms with E-state index in [2.05, 4.69) is 10.6 Å². The Kier molecular flexibility index (Phi) is 6.01. The van der Waals surface area contributed by atoms with Crippen LogP contribution >= 0.6 is 0 Å². The maximum atomic E-state index is 11.9. The summed E-state index contributed by atoms with van der Waals surface area (Å²) in [7, 11) is 0. The van der Waals surface area contributed by atoms with Crippen molar-refractivity contribution in [2.45, 2.75) is 45.1 Å². The van der Waals surface area contributed by atoms with E-state index in [0.717, 1.165) is 25.7 Å². The van der Waals surface area contributed by atoms with Crippen LogP contribution in [0.5, 0.6) is 5.75 Å². The third-order valence-electron chi connectivity index (χ3n) is 3.56. The van der Waals surface area contributed by atoms with Gasteiger partial charge in [0.1, 0.15) is 5.75 Å². The van der Waals surface area contributed by atoms with Gasteiger partial charge in [-0.05, 0) is 38.0 Å². The minimum atomic E-state index is -0.441. The Morgan fingerprint density at radius 1 is 1.23 bits per heavy atom. The molecular formula is C17H22N2O3. The number of carbonyl (C=O) groups excluding carboxylic acids is 2. The van der Waals surface area contributed by atoms with Crippen LogP contribution in [0, 0.1) is 0 Å². The zero-order valence-corrected chi connectivity index (χ0v) is 12.8. The molecule has 0 aromatic heterocycles. The SMILES string of the molecule is CC=CC(=O)Nc1cccc(OC(=O)NC2CCCCC2)c1. The number of hydrogen-bond donors (Lipinski definition) is 2. The van der Waals surface area contributed by atoms with Crippen molar-refractivity contribution < 1.29 is 14.3 Å². The molecule has 1 aromatic rings. The maximum absolute atomic E-state index is 11.9. The van der Waals surface area contributed by atoms with E-state index in [0.29, 0.717) is 11.4 Å². The monoisotopic (exact) mass is 302 g/mol. The van der Waals surface area contributed by atoms with Gasteiger partial charge in [-0.15, -0.1) is 0 Å². The molecule has 5 nitrogen and oxygen atoms in total. The van der Waals surface area contributed by atoms with Crippen LogP contribution in [-0.4, -0.2) is 18.0 Å². The van der Waals surface area contributed by atoms with Crippen molar-refractivity contribution in [1.29, 1.82) is 0 Å². The van der Waals surface area contributed by atoms with Crippen molar-refractivity contribution in [3.63, 3.8) is 0 Å². The zero-order chi connectivity index (χ0) is 15.8. The maximum Gasteiger partial charge on any atom is 0.412 e. The lowest BCUT2D eigenvalue weighted by Gasteiger charge is -2.22. The van der Waals surface area contributed by atoms with Crippen molar-refractivity contribution in [3.8, 4) is 5.75 Å². The Bertz CT molecular complexity index is 549. The van der Waals surface area contributed by atoms with Gasteiger partial charge in [0.2, 0.25) is 5.91 Å². The molecule has 118 valence electrons. The average Bonchev–Trinajstić information content (AvgIpc) is 2.48. The standard InChI is InChI=1S/C17H22N2O3/c1-2-7-16(20)18-14-10-6-11-15(12-14)22-17(21)19-13-8-4-3-5-9-13/h2,6-7,10-13H,3-5,8-9H2,1H3,(H,18,20)(H,19,21). The molecule has 1 aliphatic rings. The number of amides is 2. The van der Waals surface area contributed by atoms with Gasteiger partial charge in [-0.3, -0.25) is 4.79 Å². The van der Waals surface area contributed by atoms with Crippen molar-refractivity contribution in [1.82, 2.24) is 5.32 Å². The molecule has 2 amide bonds. The first kappa shape index (κ1) is 16.1. The second kappa shape index (κ2) is 8.22. The Labute approximate surface area is 130 Å². The number of allylic oxidation sites excluding steroid dienone is 1. The van der Waals surface area contributed by atoms with Crippen LogP contribution in [0.3, 0.4) is 0 Å². The highest BCUT2D eigenvalue weighted by Gasteiger charge is 2.16. The van der Waals surface area contributed by atoms with E-state index in [1.165, 1.54) is 12.5 Å². The van der Waals surface area contributed by atoms with Gasteiger partial charge >= 0.3 is 6.09 Å². The average molecular weight is 302 g/mol. The fraction of sp³-hybridized carbons (Fsp3) is 0.412. The molecule has 0 unspecified atom stereocenters. The lowest BCUT2D eigenvalue weighted by Crippen LogP contribution is -2.38. The van der Waals surface area contributed by atoms with Crippen LogP contribution < -0.4 is 15.4 Å². The van der Waals surface area contributed by atoms with Crippen molar-refractivity contribution >= 4 is 17.7 Å². The highest BCUT2D eigenvalue weighted by molar-refractivity contribution is 5.99. The first-order chi connectivity index (χ1) is 10.7. The smallest absolute Gasteiger partial charge is 0.410 e. The molecule has 0 bridgehead atoms. The van der Waals surface area contributed by atoms with Gasteiger partial charge in [-0.1, -0.05) is 31.4 Å². The van der Waals surface area contributed by atoms with E-state index < -0.39 is 6.09 Å². The molecule has 5 heteroatoms. The summed E-state index contributed by atoms with van der Waals surface area (Å²) in [6.07, 6.45) is 8.21. The van der Waals surface area contributed by atoms with Crippen molar-refractivity contribution in [2.24, 2.45) is 0 Å². The number of anilines is 1. The lowest BCUT2D eigenvalue weighted by atomic mass is 9.96. The molecule has 2 rings (SSSR count). The largest absolute Gasteiger partial charge is 0.412 e. The fourth-order valence-electron chi connectivity index (χ4n) is 2.52. The lowest BCUT2D eigenvalue weighted by molar-refractivity contribution is -0.111. The van der Waals surface area contributed by atoms with Crippen LogP contribution in [0.4, 0.5) is 10.5 Å². The minimum absolute atomic E-state index is 0.207. The summed E-state index contributed by atoms with van der Waals surface area (Å²) in [6.45, 7) is 1.77. The third kappa shape index (κ3) is 5.24. The van der Waals surface area contributed by atoms with Crippen LogP contribution in [0.15, 0.2) is 36.4 Å². The second-order valence-electron chi connectivity index (χ2n) is 5.39. The Morgan fingerprint density at radius 3 is 2.73 bits per heavy atom.